The zero-order chi connectivity index (χ0) is 13.1. The molecular weight excluding hydrogens is 232 g/mol. The Kier molecular flexibility index (Phi) is 3.37. The molecule has 0 amide bonds. The Hall–Kier alpha value is -2.23. The first kappa shape index (κ1) is 12.2. The average Bonchev–Trinajstić information content (AvgIpc) is 2.91. The number of aryl methyl sites for hydroxylation is 1. The summed E-state index contributed by atoms with van der Waals surface area (Å²) in [5.74, 6) is 1.27. The van der Waals surface area contributed by atoms with E-state index in [0.29, 0.717) is 22.8 Å². The van der Waals surface area contributed by atoms with E-state index in [1.54, 1.807) is 31.4 Å². The zero-order valence-corrected chi connectivity index (χ0v) is 10.5. The highest BCUT2D eigenvalue weighted by Gasteiger charge is 2.17. The molecule has 1 aromatic carbocycles. The van der Waals surface area contributed by atoms with Crippen LogP contribution in [0.1, 0.15) is 21.7 Å². The maximum atomic E-state index is 12.2. The van der Waals surface area contributed by atoms with E-state index in [0.717, 1.165) is 5.56 Å². The highest BCUT2D eigenvalue weighted by Crippen LogP contribution is 2.31. The van der Waals surface area contributed by atoms with Crippen molar-refractivity contribution in [3.8, 4) is 11.5 Å². The average molecular weight is 246 g/mol. The summed E-state index contributed by atoms with van der Waals surface area (Å²) in [7, 11) is 3.10. The van der Waals surface area contributed by atoms with Crippen LogP contribution < -0.4 is 9.47 Å². The van der Waals surface area contributed by atoms with E-state index in [2.05, 4.69) is 0 Å². The molecule has 4 nitrogen and oxygen atoms in total. The number of carbonyl (C=O) groups is 1. The van der Waals surface area contributed by atoms with Crippen molar-refractivity contribution in [1.29, 1.82) is 0 Å². The molecule has 0 aliphatic heterocycles. The van der Waals surface area contributed by atoms with Gasteiger partial charge >= 0.3 is 0 Å². The summed E-state index contributed by atoms with van der Waals surface area (Å²) in [4.78, 5) is 12.2. The van der Waals surface area contributed by atoms with Gasteiger partial charge in [0, 0.05) is 5.56 Å². The lowest BCUT2D eigenvalue weighted by Crippen LogP contribution is -2.04. The molecule has 18 heavy (non-hydrogen) atoms. The van der Waals surface area contributed by atoms with Crippen molar-refractivity contribution in [2.24, 2.45) is 0 Å². The lowest BCUT2D eigenvalue weighted by Gasteiger charge is -2.11. The molecule has 0 unspecified atom stereocenters. The molecule has 0 aliphatic carbocycles. The third kappa shape index (κ3) is 2.09. The first-order chi connectivity index (χ1) is 8.67. The summed E-state index contributed by atoms with van der Waals surface area (Å²) in [6.07, 6.45) is 1.48. The summed E-state index contributed by atoms with van der Waals surface area (Å²) >= 11 is 0. The normalized spacial score (nSPS) is 10.2. The van der Waals surface area contributed by atoms with E-state index in [4.69, 9.17) is 13.9 Å². The first-order valence-electron chi connectivity index (χ1n) is 5.48. The number of benzene rings is 1. The number of carbonyl (C=O) groups excluding carboxylic acids is 1. The van der Waals surface area contributed by atoms with E-state index < -0.39 is 0 Å². The Morgan fingerprint density at radius 3 is 2.39 bits per heavy atom. The van der Waals surface area contributed by atoms with E-state index in [9.17, 15) is 4.79 Å². The third-order valence-corrected chi connectivity index (χ3v) is 2.72. The smallest absolute Gasteiger partial charge is 0.228 e. The Morgan fingerprint density at radius 2 is 1.83 bits per heavy atom. The van der Waals surface area contributed by atoms with Gasteiger partial charge in [0.05, 0.1) is 20.5 Å². The van der Waals surface area contributed by atoms with Crippen LogP contribution in [0.15, 0.2) is 34.9 Å². The van der Waals surface area contributed by atoms with Crippen LogP contribution in [0.5, 0.6) is 11.5 Å². The van der Waals surface area contributed by atoms with Gasteiger partial charge in [-0.15, -0.1) is 0 Å². The number of ether oxygens (including phenoxy) is 2. The van der Waals surface area contributed by atoms with Gasteiger partial charge in [-0.2, -0.15) is 0 Å². The van der Waals surface area contributed by atoms with Gasteiger partial charge in [0.2, 0.25) is 5.78 Å². The second kappa shape index (κ2) is 4.96. The minimum atomic E-state index is -0.168. The first-order valence-corrected chi connectivity index (χ1v) is 5.48. The fourth-order valence-electron chi connectivity index (χ4n) is 1.77. The van der Waals surface area contributed by atoms with Crippen LogP contribution in [-0.4, -0.2) is 20.0 Å². The fourth-order valence-corrected chi connectivity index (χ4v) is 1.77. The van der Waals surface area contributed by atoms with Gasteiger partial charge in [-0.25, -0.2) is 0 Å². The lowest BCUT2D eigenvalue weighted by atomic mass is 10.0. The molecule has 0 spiro atoms. The number of hydrogen-bond acceptors (Lipinski definition) is 4. The predicted molar refractivity (Wildman–Crippen MR) is 66.4 cm³/mol. The van der Waals surface area contributed by atoms with Crippen LogP contribution in [0.2, 0.25) is 0 Å². The zero-order valence-electron chi connectivity index (χ0n) is 10.5. The van der Waals surface area contributed by atoms with Crippen LogP contribution in [0.25, 0.3) is 0 Å². The quantitative estimate of drug-likeness (QED) is 0.778. The Bertz CT molecular complexity index is 555. The summed E-state index contributed by atoms with van der Waals surface area (Å²) in [6.45, 7) is 1.85. The Balaban J connectivity index is 2.48. The molecule has 0 saturated heterocycles. The van der Waals surface area contributed by atoms with Crippen molar-refractivity contribution >= 4 is 5.78 Å². The molecule has 0 radical (unpaired) electrons. The molecule has 1 heterocycles. The Morgan fingerprint density at radius 1 is 1.17 bits per heavy atom. The topological polar surface area (TPSA) is 48.7 Å². The molecule has 1 aromatic heterocycles. The number of ketones is 1. The van der Waals surface area contributed by atoms with Gasteiger partial charge in [0.25, 0.3) is 0 Å². The second-order valence-electron chi connectivity index (χ2n) is 3.83. The molecule has 2 rings (SSSR count). The third-order valence-electron chi connectivity index (χ3n) is 2.72. The van der Waals surface area contributed by atoms with Gasteiger partial charge in [0.15, 0.2) is 17.3 Å². The van der Waals surface area contributed by atoms with Crippen LogP contribution in [0, 0.1) is 6.92 Å². The number of rotatable bonds is 4. The monoisotopic (exact) mass is 246 g/mol. The van der Waals surface area contributed by atoms with Gasteiger partial charge in [0.1, 0.15) is 0 Å². The summed E-state index contributed by atoms with van der Waals surface area (Å²) < 4.78 is 15.5. The molecule has 0 atom stereocenters. The highest BCUT2D eigenvalue weighted by atomic mass is 16.5. The molecule has 94 valence electrons. The number of methoxy groups -OCH3 is 2. The summed E-state index contributed by atoms with van der Waals surface area (Å²) in [5, 5.41) is 0. The van der Waals surface area contributed by atoms with Gasteiger partial charge < -0.3 is 13.9 Å². The summed E-state index contributed by atoms with van der Waals surface area (Å²) in [6, 6.07) is 6.76. The fraction of sp³-hybridized carbons (Fsp3) is 0.214. The van der Waals surface area contributed by atoms with E-state index in [-0.39, 0.29) is 5.78 Å². The van der Waals surface area contributed by atoms with Crippen LogP contribution in [-0.2, 0) is 0 Å². The lowest BCUT2D eigenvalue weighted by molar-refractivity contribution is 0.101. The van der Waals surface area contributed by atoms with Crippen LogP contribution >= 0.6 is 0 Å². The van der Waals surface area contributed by atoms with Gasteiger partial charge in [-0.1, -0.05) is 0 Å². The predicted octanol–water partition coefficient (Wildman–Crippen LogP) is 2.84. The van der Waals surface area contributed by atoms with Gasteiger partial charge in [-0.3, -0.25) is 4.79 Å². The number of hydrogen-bond donors (Lipinski definition) is 0. The van der Waals surface area contributed by atoms with Crippen LogP contribution in [0.3, 0.4) is 0 Å². The standard InChI is InChI=1S/C14H14O4/c1-9-7-12(16-2)13(17-3)8-10(9)14(15)11-5-4-6-18-11/h4-8H,1-3H3. The Labute approximate surface area is 105 Å². The molecular formula is C14H14O4. The molecule has 4 heteroatoms. The molecule has 0 N–H and O–H groups in total. The molecule has 0 aliphatic rings. The maximum absolute atomic E-state index is 12.2. The van der Waals surface area contributed by atoms with Crippen LogP contribution in [0.4, 0.5) is 0 Å². The van der Waals surface area contributed by atoms with Crippen molar-refractivity contribution in [1.82, 2.24) is 0 Å². The second-order valence-corrected chi connectivity index (χ2v) is 3.83. The highest BCUT2D eigenvalue weighted by molar-refractivity contribution is 6.08. The molecule has 0 saturated carbocycles. The van der Waals surface area contributed by atoms with Crippen molar-refractivity contribution in [2.45, 2.75) is 6.92 Å². The summed E-state index contributed by atoms with van der Waals surface area (Å²) in [5.41, 5.74) is 1.36. The van der Waals surface area contributed by atoms with Crippen molar-refractivity contribution in [3.63, 3.8) is 0 Å². The maximum Gasteiger partial charge on any atom is 0.228 e. The minimum absolute atomic E-state index is 0.168. The van der Waals surface area contributed by atoms with Gasteiger partial charge in [-0.05, 0) is 36.8 Å². The molecule has 0 bridgehead atoms. The number of furan rings is 1. The minimum Gasteiger partial charge on any atom is -0.493 e. The van der Waals surface area contributed by atoms with Crippen molar-refractivity contribution in [2.75, 3.05) is 14.2 Å². The van der Waals surface area contributed by atoms with E-state index >= 15 is 0 Å². The largest absolute Gasteiger partial charge is 0.493 e. The van der Waals surface area contributed by atoms with E-state index in [1.165, 1.54) is 13.4 Å². The van der Waals surface area contributed by atoms with E-state index in [1.807, 2.05) is 6.92 Å². The molecule has 0 fully saturated rings. The van der Waals surface area contributed by atoms with Crippen molar-refractivity contribution < 1.29 is 18.7 Å². The molecule has 2 aromatic rings. The van der Waals surface area contributed by atoms with Crippen molar-refractivity contribution in [3.05, 3.63) is 47.4 Å². The SMILES string of the molecule is COc1cc(C)c(C(=O)c2ccco2)cc1OC.